The van der Waals surface area contributed by atoms with Gasteiger partial charge in [-0.3, -0.25) is 9.48 Å². The molecule has 0 spiro atoms. The number of carbonyl (C=O) groups excluding carboxylic acids is 2. The summed E-state index contributed by atoms with van der Waals surface area (Å²) in [5, 5.41) is 8.16. The van der Waals surface area contributed by atoms with Crippen LogP contribution in [0, 0.1) is 0 Å². The molecule has 1 fully saturated rings. The van der Waals surface area contributed by atoms with Crippen molar-refractivity contribution in [2.75, 3.05) is 31.1 Å². The summed E-state index contributed by atoms with van der Waals surface area (Å²) in [6.45, 7) is 4.54. The van der Waals surface area contributed by atoms with E-state index < -0.39 is 6.09 Å². The van der Waals surface area contributed by atoms with Crippen LogP contribution in [0.2, 0.25) is 15.1 Å². The standard InChI is InChI=1S/C29H31Cl3N6O3/c30-20-3-5-25-19(14-20)16-27(39)38(25)21-6-11-35(12-7-21)9-1-10-37-26-8-13-36(41-29(33)40)17-22(26)28(34-37)18-2-4-23(31)24(32)15-18/h2-5,14-15,21H,1,6-13,16-17H2,(H2,33,40). The van der Waals surface area contributed by atoms with Crippen LogP contribution in [0.25, 0.3) is 11.3 Å². The molecule has 9 nitrogen and oxygen atoms in total. The van der Waals surface area contributed by atoms with Crippen molar-refractivity contribution in [3.63, 3.8) is 0 Å². The summed E-state index contributed by atoms with van der Waals surface area (Å²) in [6, 6.07) is 11.4. The fraction of sp³-hybridized carbons (Fsp3) is 0.414. The number of nitrogens with zero attached hydrogens (tertiary/aromatic N) is 5. The molecule has 12 heteroatoms. The van der Waals surface area contributed by atoms with E-state index >= 15 is 0 Å². The Morgan fingerprint density at radius 2 is 1.83 bits per heavy atom. The second-order valence-corrected chi connectivity index (χ2v) is 12.0. The number of hydrogen-bond acceptors (Lipinski definition) is 6. The van der Waals surface area contributed by atoms with Crippen molar-refractivity contribution in [3.8, 4) is 11.3 Å². The second kappa shape index (κ2) is 11.8. The number of halogens is 3. The minimum atomic E-state index is -0.830. The number of aryl methyl sites for hydroxylation is 1. The van der Waals surface area contributed by atoms with Gasteiger partial charge in [-0.25, -0.2) is 4.79 Å². The van der Waals surface area contributed by atoms with Gasteiger partial charge in [0.1, 0.15) is 0 Å². The zero-order chi connectivity index (χ0) is 28.7. The number of nitrogens with two attached hydrogens (primary N) is 1. The molecule has 0 unspecified atom stereocenters. The van der Waals surface area contributed by atoms with E-state index in [1.807, 2.05) is 35.2 Å². The van der Waals surface area contributed by atoms with E-state index in [0.29, 0.717) is 41.0 Å². The van der Waals surface area contributed by atoms with Crippen LogP contribution < -0.4 is 10.6 Å². The first kappa shape index (κ1) is 28.3. The summed E-state index contributed by atoms with van der Waals surface area (Å²) >= 11 is 18.6. The third-order valence-electron chi connectivity index (χ3n) is 8.19. The van der Waals surface area contributed by atoms with Gasteiger partial charge in [-0.1, -0.05) is 40.9 Å². The summed E-state index contributed by atoms with van der Waals surface area (Å²) in [5.74, 6) is 0.168. The third-order valence-corrected chi connectivity index (χ3v) is 9.16. The van der Waals surface area contributed by atoms with Gasteiger partial charge in [-0.2, -0.15) is 5.10 Å². The van der Waals surface area contributed by atoms with Crippen LogP contribution in [0.3, 0.4) is 0 Å². The molecule has 3 aliphatic rings. The maximum atomic E-state index is 12.8. The molecule has 0 atom stereocenters. The molecule has 1 saturated heterocycles. The molecule has 3 aromatic rings. The summed E-state index contributed by atoms with van der Waals surface area (Å²) in [7, 11) is 0. The topological polar surface area (TPSA) is 96.9 Å². The Labute approximate surface area is 253 Å². The smallest absolute Gasteiger partial charge is 0.351 e. The quantitative estimate of drug-likeness (QED) is 0.385. The summed E-state index contributed by atoms with van der Waals surface area (Å²) in [6.07, 6.45) is 3.11. The number of aromatic nitrogens is 2. The molecular formula is C29H31Cl3N6O3. The summed E-state index contributed by atoms with van der Waals surface area (Å²) in [4.78, 5) is 33.8. The van der Waals surface area contributed by atoms with Gasteiger partial charge in [-0.15, -0.1) is 5.06 Å². The van der Waals surface area contributed by atoms with Crippen LogP contribution in [0.1, 0.15) is 36.1 Å². The fourth-order valence-corrected chi connectivity index (χ4v) is 6.78. The van der Waals surface area contributed by atoms with E-state index in [1.165, 1.54) is 0 Å². The first-order valence-electron chi connectivity index (χ1n) is 13.9. The van der Waals surface area contributed by atoms with Crippen molar-refractivity contribution in [3.05, 3.63) is 68.3 Å². The van der Waals surface area contributed by atoms with E-state index in [4.69, 9.17) is 50.5 Å². The number of hydrogen-bond donors (Lipinski definition) is 1. The number of fused-ring (bicyclic) bond motifs is 2. The SMILES string of the molecule is NC(=O)ON1CCc2c(c(-c3ccc(Cl)c(Cl)c3)nn2CCCN2CCC(N3C(=O)Cc4cc(Cl)ccc43)CC2)C1. The third kappa shape index (κ3) is 5.92. The average Bonchev–Trinajstić information content (AvgIpc) is 3.46. The van der Waals surface area contributed by atoms with Gasteiger partial charge in [-0.05, 0) is 61.7 Å². The lowest BCUT2D eigenvalue weighted by molar-refractivity contribution is -0.118. The molecule has 2 aromatic carbocycles. The van der Waals surface area contributed by atoms with Crippen molar-refractivity contribution < 1.29 is 14.4 Å². The molecular weight excluding hydrogens is 587 g/mol. The molecule has 0 bridgehead atoms. The van der Waals surface area contributed by atoms with E-state index in [1.54, 1.807) is 11.1 Å². The second-order valence-electron chi connectivity index (χ2n) is 10.8. The summed E-state index contributed by atoms with van der Waals surface area (Å²) in [5.41, 5.74) is 11.1. The lowest BCUT2D eigenvalue weighted by Gasteiger charge is -2.37. The highest BCUT2D eigenvalue weighted by Crippen LogP contribution is 2.36. The van der Waals surface area contributed by atoms with E-state index in [-0.39, 0.29) is 11.9 Å². The number of likely N-dealkylation sites (tertiary alicyclic amines) is 1. The first-order valence-corrected chi connectivity index (χ1v) is 15.0. The predicted octanol–water partition coefficient (Wildman–Crippen LogP) is 5.32. The molecule has 0 radical (unpaired) electrons. The zero-order valence-electron chi connectivity index (χ0n) is 22.5. The molecule has 41 heavy (non-hydrogen) atoms. The Bertz CT molecular complexity index is 1490. The van der Waals surface area contributed by atoms with E-state index in [2.05, 4.69) is 9.58 Å². The average molecular weight is 618 g/mol. The van der Waals surface area contributed by atoms with Crippen LogP contribution in [-0.4, -0.2) is 64.0 Å². The Morgan fingerprint density at radius 1 is 1.02 bits per heavy atom. The van der Waals surface area contributed by atoms with Crippen LogP contribution in [0.5, 0.6) is 0 Å². The van der Waals surface area contributed by atoms with E-state index in [9.17, 15) is 9.59 Å². The van der Waals surface area contributed by atoms with Crippen molar-refractivity contribution in [2.24, 2.45) is 5.73 Å². The number of benzene rings is 2. The number of primary amides is 1. The largest absolute Gasteiger partial charge is 0.423 e. The number of anilines is 1. The highest BCUT2D eigenvalue weighted by Gasteiger charge is 2.35. The number of amides is 2. The monoisotopic (exact) mass is 616 g/mol. The summed E-state index contributed by atoms with van der Waals surface area (Å²) < 4.78 is 2.08. The van der Waals surface area contributed by atoms with Crippen LogP contribution in [-0.2, 0) is 35.6 Å². The van der Waals surface area contributed by atoms with E-state index in [0.717, 1.165) is 79.2 Å². The Morgan fingerprint density at radius 3 is 2.59 bits per heavy atom. The molecule has 2 amide bonds. The van der Waals surface area contributed by atoms with Gasteiger partial charge < -0.3 is 20.4 Å². The van der Waals surface area contributed by atoms with Gasteiger partial charge in [0.05, 0.1) is 28.7 Å². The normalized spacial score (nSPS) is 18.0. The number of carbonyl (C=O) groups is 2. The molecule has 0 aliphatic carbocycles. The minimum absolute atomic E-state index is 0.168. The van der Waals surface area contributed by atoms with Crippen molar-refractivity contribution in [1.29, 1.82) is 0 Å². The maximum absolute atomic E-state index is 12.8. The number of piperidine rings is 1. The van der Waals surface area contributed by atoms with Gasteiger partial charge >= 0.3 is 6.09 Å². The highest BCUT2D eigenvalue weighted by atomic mass is 35.5. The van der Waals surface area contributed by atoms with Crippen LogP contribution in [0.4, 0.5) is 10.5 Å². The van der Waals surface area contributed by atoms with Gasteiger partial charge in [0.2, 0.25) is 5.91 Å². The fourth-order valence-electron chi connectivity index (χ4n) is 6.29. The molecule has 4 heterocycles. The molecule has 3 aliphatic heterocycles. The van der Waals surface area contributed by atoms with Crippen LogP contribution >= 0.6 is 34.8 Å². The maximum Gasteiger partial charge on any atom is 0.423 e. The van der Waals surface area contributed by atoms with Crippen LogP contribution in [0.15, 0.2) is 36.4 Å². The predicted molar refractivity (Wildman–Crippen MR) is 159 cm³/mol. The molecule has 1 aromatic heterocycles. The van der Waals surface area contributed by atoms with Gasteiger partial charge in [0.15, 0.2) is 0 Å². The van der Waals surface area contributed by atoms with Gasteiger partial charge in [0, 0.05) is 66.2 Å². The van der Waals surface area contributed by atoms with Crippen molar-refractivity contribution in [2.45, 2.75) is 51.2 Å². The van der Waals surface area contributed by atoms with Gasteiger partial charge in [0.25, 0.3) is 0 Å². The number of rotatable bonds is 7. The Hall–Kier alpha value is -2.82. The Kier molecular flexibility index (Phi) is 8.16. The number of hydroxylamine groups is 2. The molecule has 0 saturated carbocycles. The molecule has 6 rings (SSSR count). The molecule has 2 N–H and O–H groups in total. The first-order chi connectivity index (χ1) is 19.8. The highest BCUT2D eigenvalue weighted by molar-refractivity contribution is 6.42. The van der Waals surface area contributed by atoms with Crippen molar-refractivity contribution in [1.82, 2.24) is 19.7 Å². The lowest BCUT2D eigenvalue weighted by atomic mass is 10.0. The zero-order valence-corrected chi connectivity index (χ0v) is 24.8. The minimum Gasteiger partial charge on any atom is -0.351 e. The van der Waals surface area contributed by atoms with Crippen molar-refractivity contribution >= 4 is 52.5 Å². The lowest BCUT2D eigenvalue weighted by Crippen LogP contribution is -2.46. The molecule has 216 valence electrons. The Balaban J connectivity index is 1.10.